The third kappa shape index (κ3) is 3.82. The maximum absolute atomic E-state index is 13.7. The number of carbonyl (C=O) groups excluding carboxylic acids is 2. The predicted molar refractivity (Wildman–Crippen MR) is 128 cm³/mol. The lowest BCUT2D eigenvalue weighted by atomic mass is 9.99. The quantitative estimate of drug-likeness (QED) is 0.332. The summed E-state index contributed by atoms with van der Waals surface area (Å²) in [6, 6.07) is 16.1. The van der Waals surface area contributed by atoms with Crippen molar-refractivity contribution in [1.29, 1.82) is 0 Å². The number of ketones is 1. The van der Waals surface area contributed by atoms with Crippen molar-refractivity contribution in [3.63, 3.8) is 0 Å². The third-order valence-corrected chi connectivity index (χ3v) is 5.79. The van der Waals surface area contributed by atoms with Gasteiger partial charge in [-0.2, -0.15) is 0 Å². The number of para-hydroxylation sites is 1. The van der Waals surface area contributed by atoms with Crippen LogP contribution in [0.3, 0.4) is 0 Å². The second-order valence-corrected chi connectivity index (χ2v) is 8.02. The smallest absolute Gasteiger partial charge is 0.294 e. The fourth-order valence-corrected chi connectivity index (χ4v) is 4.20. The molecule has 1 amide bonds. The summed E-state index contributed by atoms with van der Waals surface area (Å²) in [7, 11) is 1.51. The van der Waals surface area contributed by atoms with E-state index in [4.69, 9.17) is 18.3 Å². The van der Waals surface area contributed by atoms with Gasteiger partial charge in [0.25, 0.3) is 5.91 Å². The van der Waals surface area contributed by atoms with Crippen LogP contribution in [0.1, 0.15) is 35.7 Å². The molecule has 0 aliphatic carbocycles. The van der Waals surface area contributed by atoms with Crippen molar-refractivity contribution in [2.75, 3.05) is 18.6 Å². The van der Waals surface area contributed by atoms with Gasteiger partial charge in [-0.1, -0.05) is 25.1 Å². The maximum Gasteiger partial charge on any atom is 0.294 e. The van der Waals surface area contributed by atoms with Crippen LogP contribution in [-0.2, 0) is 4.79 Å². The highest BCUT2D eigenvalue weighted by atomic mass is 16.5. The molecule has 0 saturated heterocycles. The molecule has 0 spiro atoms. The number of aliphatic hydroxyl groups excluding tert-OH is 1. The lowest BCUT2D eigenvalue weighted by Gasteiger charge is -2.25. The van der Waals surface area contributed by atoms with E-state index in [0.29, 0.717) is 40.5 Å². The number of methoxy groups -OCH3 is 1. The number of fused-ring (bicyclic) bond motifs is 1. The molecule has 1 N–H and O–H groups in total. The topological polar surface area (TPSA) is 102 Å². The Morgan fingerprint density at radius 2 is 1.94 bits per heavy atom. The molecular formula is C27H23NO7. The van der Waals surface area contributed by atoms with E-state index in [1.807, 2.05) is 6.92 Å². The van der Waals surface area contributed by atoms with Crippen LogP contribution in [0.5, 0.6) is 11.5 Å². The maximum atomic E-state index is 13.7. The molecule has 5 rings (SSSR count). The number of aliphatic hydroxyl groups is 1. The SMILES string of the molecule is CCCOc1cccc(N2C(=O)C(O)=C(C(=O)c3cc4cccc(OC)c4o3)C2c2ccco2)c1. The average molecular weight is 473 g/mol. The van der Waals surface area contributed by atoms with E-state index < -0.39 is 23.5 Å². The number of Topliss-reactive ketones (excluding diaryl/α,β-unsaturated/α-hetero) is 1. The minimum Gasteiger partial charge on any atom is -0.503 e. The fraction of sp³-hybridized carbons (Fsp3) is 0.185. The second kappa shape index (κ2) is 9.06. The number of nitrogens with zero attached hydrogens (tertiary/aromatic N) is 1. The summed E-state index contributed by atoms with van der Waals surface area (Å²) in [6.07, 6.45) is 2.27. The number of hydrogen-bond donors (Lipinski definition) is 1. The highest BCUT2D eigenvalue weighted by Crippen LogP contribution is 2.43. The van der Waals surface area contributed by atoms with Crippen LogP contribution in [0.25, 0.3) is 11.0 Å². The van der Waals surface area contributed by atoms with Gasteiger partial charge in [0.2, 0.25) is 5.78 Å². The molecule has 2 aromatic heterocycles. The van der Waals surface area contributed by atoms with E-state index in [2.05, 4.69) is 0 Å². The summed E-state index contributed by atoms with van der Waals surface area (Å²) in [5.74, 6) is -0.692. The number of hydrogen-bond acceptors (Lipinski definition) is 7. The van der Waals surface area contributed by atoms with Crippen LogP contribution in [-0.4, -0.2) is 30.5 Å². The molecule has 4 aromatic rings. The molecule has 1 atom stereocenters. The van der Waals surface area contributed by atoms with Gasteiger partial charge in [-0.3, -0.25) is 14.5 Å². The van der Waals surface area contributed by atoms with Gasteiger partial charge >= 0.3 is 0 Å². The summed E-state index contributed by atoms with van der Waals surface area (Å²) in [5.41, 5.74) is 0.712. The van der Waals surface area contributed by atoms with Crippen molar-refractivity contribution < 1.29 is 33.0 Å². The molecule has 3 heterocycles. The lowest BCUT2D eigenvalue weighted by Crippen LogP contribution is -2.30. The van der Waals surface area contributed by atoms with Crippen molar-refractivity contribution in [1.82, 2.24) is 0 Å². The van der Waals surface area contributed by atoms with E-state index in [0.717, 1.165) is 6.42 Å². The first-order chi connectivity index (χ1) is 17.0. The summed E-state index contributed by atoms with van der Waals surface area (Å²) in [5, 5.41) is 11.6. The molecule has 1 unspecified atom stereocenters. The summed E-state index contributed by atoms with van der Waals surface area (Å²) >= 11 is 0. The Bertz CT molecular complexity index is 1430. The Morgan fingerprint density at radius 3 is 2.69 bits per heavy atom. The number of carbonyl (C=O) groups is 2. The first kappa shape index (κ1) is 22.3. The van der Waals surface area contributed by atoms with Gasteiger partial charge in [0.15, 0.2) is 22.9 Å². The van der Waals surface area contributed by atoms with E-state index in [1.54, 1.807) is 60.7 Å². The zero-order valence-electron chi connectivity index (χ0n) is 19.2. The molecule has 0 radical (unpaired) electrons. The van der Waals surface area contributed by atoms with Gasteiger partial charge < -0.3 is 23.4 Å². The zero-order valence-corrected chi connectivity index (χ0v) is 19.2. The van der Waals surface area contributed by atoms with Crippen LogP contribution in [0, 0.1) is 0 Å². The number of benzene rings is 2. The van der Waals surface area contributed by atoms with Crippen LogP contribution >= 0.6 is 0 Å². The van der Waals surface area contributed by atoms with Crippen LogP contribution in [0.4, 0.5) is 5.69 Å². The second-order valence-electron chi connectivity index (χ2n) is 8.02. The Balaban J connectivity index is 1.59. The molecule has 0 bridgehead atoms. The molecule has 2 aromatic carbocycles. The van der Waals surface area contributed by atoms with Gasteiger partial charge in [-0.15, -0.1) is 0 Å². The lowest BCUT2D eigenvalue weighted by molar-refractivity contribution is -0.117. The molecule has 35 heavy (non-hydrogen) atoms. The van der Waals surface area contributed by atoms with Gasteiger partial charge in [0, 0.05) is 17.1 Å². The predicted octanol–water partition coefficient (Wildman–Crippen LogP) is 5.61. The average Bonchev–Trinajstić information content (AvgIpc) is 3.61. The first-order valence-corrected chi connectivity index (χ1v) is 11.2. The normalized spacial score (nSPS) is 15.8. The molecule has 0 saturated carbocycles. The number of rotatable bonds is 8. The molecule has 0 fully saturated rings. The number of amides is 1. The number of furan rings is 2. The number of anilines is 1. The highest BCUT2D eigenvalue weighted by Gasteiger charge is 2.47. The molecule has 8 nitrogen and oxygen atoms in total. The van der Waals surface area contributed by atoms with E-state index in [-0.39, 0.29) is 11.3 Å². The van der Waals surface area contributed by atoms with Crippen molar-refractivity contribution in [3.05, 3.63) is 89.8 Å². The Labute approximate surface area is 201 Å². The van der Waals surface area contributed by atoms with Crippen molar-refractivity contribution in [2.24, 2.45) is 0 Å². The summed E-state index contributed by atoms with van der Waals surface area (Å²) in [4.78, 5) is 28.3. The van der Waals surface area contributed by atoms with E-state index >= 15 is 0 Å². The Morgan fingerprint density at radius 1 is 1.11 bits per heavy atom. The van der Waals surface area contributed by atoms with Gasteiger partial charge in [-0.25, -0.2) is 0 Å². The van der Waals surface area contributed by atoms with E-state index in [9.17, 15) is 14.7 Å². The van der Waals surface area contributed by atoms with Gasteiger partial charge in [-0.05, 0) is 42.8 Å². The zero-order chi connectivity index (χ0) is 24.5. The number of ether oxygens (including phenoxy) is 2. The van der Waals surface area contributed by atoms with Gasteiger partial charge in [0.1, 0.15) is 17.6 Å². The molecule has 178 valence electrons. The molecular weight excluding hydrogens is 450 g/mol. The van der Waals surface area contributed by atoms with Crippen molar-refractivity contribution in [3.8, 4) is 11.5 Å². The highest BCUT2D eigenvalue weighted by molar-refractivity contribution is 6.20. The van der Waals surface area contributed by atoms with E-state index in [1.165, 1.54) is 18.3 Å². The molecule has 1 aliphatic rings. The molecule has 1 aliphatic heterocycles. The largest absolute Gasteiger partial charge is 0.503 e. The Kier molecular flexibility index (Phi) is 5.78. The van der Waals surface area contributed by atoms with Crippen molar-refractivity contribution in [2.45, 2.75) is 19.4 Å². The first-order valence-electron chi connectivity index (χ1n) is 11.2. The molecule has 8 heteroatoms. The van der Waals surface area contributed by atoms with Crippen LogP contribution in [0.15, 0.2) is 87.1 Å². The van der Waals surface area contributed by atoms with Crippen molar-refractivity contribution >= 4 is 28.3 Å². The standard InChI is InChI=1S/C27H23NO7/c1-3-12-33-18-9-5-8-17(15-18)28-23(19-11-6-13-34-19)22(25(30)27(28)31)24(29)21-14-16-7-4-10-20(32-2)26(16)35-21/h4-11,13-15,23,30H,3,12H2,1-2H3. The fourth-order valence-electron chi connectivity index (χ4n) is 4.20. The van der Waals surface area contributed by atoms with Crippen LogP contribution < -0.4 is 14.4 Å². The third-order valence-electron chi connectivity index (χ3n) is 5.79. The Hall–Kier alpha value is -4.46. The summed E-state index contributed by atoms with van der Waals surface area (Å²) < 4.78 is 22.5. The minimum absolute atomic E-state index is 0.0303. The minimum atomic E-state index is -0.999. The summed E-state index contributed by atoms with van der Waals surface area (Å²) in [6.45, 7) is 2.51. The monoisotopic (exact) mass is 473 g/mol. The van der Waals surface area contributed by atoms with Crippen LogP contribution in [0.2, 0.25) is 0 Å². The van der Waals surface area contributed by atoms with Gasteiger partial charge in [0.05, 0.1) is 25.6 Å².